The summed E-state index contributed by atoms with van der Waals surface area (Å²) in [4.78, 5) is 16.9. The molecule has 1 aromatic carbocycles. The van der Waals surface area contributed by atoms with Crippen LogP contribution in [-0.2, 0) is 16.6 Å². The Morgan fingerprint density at radius 3 is 2.50 bits per heavy atom. The number of methoxy groups -OCH3 is 1. The summed E-state index contributed by atoms with van der Waals surface area (Å²) >= 11 is 1.55. The number of carbonyl (C=O) groups excluding carboxylic acids is 1. The van der Waals surface area contributed by atoms with E-state index < -0.39 is 15.6 Å². The molecule has 0 fully saturated rings. The highest BCUT2D eigenvalue weighted by Gasteiger charge is 2.26. The van der Waals surface area contributed by atoms with Gasteiger partial charge in [-0.25, -0.2) is 18.1 Å². The van der Waals surface area contributed by atoms with Crippen LogP contribution in [0.4, 0.5) is 0 Å². The Morgan fingerprint density at radius 2 is 1.96 bits per heavy atom. The van der Waals surface area contributed by atoms with Crippen molar-refractivity contribution in [2.75, 3.05) is 7.11 Å². The molecule has 0 aliphatic carbocycles. The third-order valence-corrected chi connectivity index (χ3v) is 6.62. The van der Waals surface area contributed by atoms with Crippen LogP contribution in [-0.4, -0.2) is 32.0 Å². The molecule has 1 aromatic heterocycles. The summed E-state index contributed by atoms with van der Waals surface area (Å²) in [6.07, 6.45) is 0. The average Bonchev–Trinajstić information content (AvgIpc) is 3.06. The quantitative estimate of drug-likeness (QED) is 0.709. The third-order valence-electron chi connectivity index (χ3n) is 3.65. The van der Waals surface area contributed by atoms with E-state index >= 15 is 0 Å². The van der Waals surface area contributed by atoms with E-state index in [1.54, 1.807) is 32.1 Å². The Bertz CT molecular complexity index is 944. The standard InChI is InChI=1S/C19H27N3O4S2/c1-12(2)18-21-14(11-27-18)10-20-17(23)13-7-8-15(26-6)16(9-13)28(24,25)22-19(3,4)5/h7-9,11-12,22H,10H2,1-6H3,(H,20,23). The van der Waals surface area contributed by atoms with E-state index in [-0.39, 0.29) is 28.7 Å². The number of sulfonamides is 1. The number of carbonyl (C=O) groups is 1. The van der Waals surface area contributed by atoms with Crippen molar-refractivity contribution in [1.82, 2.24) is 15.0 Å². The molecule has 0 radical (unpaired) electrons. The van der Waals surface area contributed by atoms with Gasteiger partial charge in [-0.2, -0.15) is 0 Å². The van der Waals surface area contributed by atoms with Gasteiger partial charge in [-0.1, -0.05) is 13.8 Å². The summed E-state index contributed by atoms with van der Waals surface area (Å²) in [5, 5.41) is 5.70. The van der Waals surface area contributed by atoms with Gasteiger partial charge in [0.1, 0.15) is 10.6 Å². The molecular weight excluding hydrogens is 398 g/mol. The molecule has 28 heavy (non-hydrogen) atoms. The Labute approximate surface area is 170 Å². The number of benzene rings is 1. The van der Waals surface area contributed by atoms with Gasteiger partial charge in [-0.3, -0.25) is 4.79 Å². The molecule has 7 nitrogen and oxygen atoms in total. The van der Waals surface area contributed by atoms with Gasteiger partial charge in [0.25, 0.3) is 5.91 Å². The molecule has 1 heterocycles. The number of rotatable bonds is 7. The van der Waals surface area contributed by atoms with Crippen LogP contribution in [0.25, 0.3) is 0 Å². The summed E-state index contributed by atoms with van der Waals surface area (Å²) in [7, 11) is -2.47. The van der Waals surface area contributed by atoms with Crippen molar-refractivity contribution < 1.29 is 17.9 Å². The molecule has 1 amide bonds. The Morgan fingerprint density at radius 1 is 1.29 bits per heavy atom. The van der Waals surface area contributed by atoms with E-state index in [2.05, 4.69) is 28.9 Å². The minimum atomic E-state index is -3.86. The molecule has 0 spiro atoms. The highest BCUT2D eigenvalue weighted by molar-refractivity contribution is 7.89. The van der Waals surface area contributed by atoms with E-state index in [4.69, 9.17) is 4.74 Å². The fourth-order valence-electron chi connectivity index (χ4n) is 2.43. The molecule has 0 aliphatic rings. The van der Waals surface area contributed by atoms with Gasteiger partial charge in [0.15, 0.2) is 0 Å². The zero-order chi connectivity index (χ0) is 21.1. The molecule has 2 aromatic rings. The lowest BCUT2D eigenvalue weighted by molar-refractivity contribution is 0.0950. The second kappa shape index (κ2) is 8.59. The van der Waals surface area contributed by atoms with Crippen molar-refractivity contribution in [3.05, 3.63) is 39.8 Å². The first-order chi connectivity index (χ1) is 12.9. The first kappa shape index (κ1) is 22.3. The molecule has 0 atom stereocenters. The largest absolute Gasteiger partial charge is 0.495 e. The van der Waals surface area contributed by atoms with Gasteiger partial charge in [-0.15, -0.1) is 11.3 Å². The summed E-state index contributed by atoms with van der Waals surface area (Å²) in [6, 6.07) is 4.33. The average molecular weight is 426 g/mol. The first-order valence-electron chi connectivity index (χ1n) is 8.87. The number of nitrogens with one attached hydrogen (secondary N) is 2. The van der Waals surface area contributed by atoms with Gasteiger partial charge < -0.3 is 10.1 Å². The van der Waals surface area contributed by atoms with Crippen LogP contribution in [0.2, 0.25) is 0 Å². The lowest BCUT2D eigenvalue weighted by Gasteiger charge is -2.21. The molecule has 0 bridgehead atoms. The van der Waals surface area contributed by atoms with Crippen LogP contribution in [0, 0.1) is 0 Å². The van der Waals surface area contributed by atoms with E-state index in [0.717, 1.165) is 10.7 Å². The minimum absolute atomic E-state index is 0.0756. The fourth-order valence-corrected chi connectivity index (χ4v) is 4.88. The van der Waals surface area contributed by atoms with Crippen LogP contribution in [0.1, 0.15) is 61.6 Å². The smallest absolute Gasteiger partial charge is 0.251 e. The maximum absolute atomic E-state index is 12.7. The maximum atomic E-state index is 12.7. The van der Waals surface area contributed by atoms with Gasteiger partial charge in [0, 0.05) is 22.4 Å². The summed E-state index contributed by atoms with van der Waals surface area (Å²) in [6.45, 7) is 9.63. The number of amides is 1. The highest BCUT2D eigenvalue weighted by Crippen LogP contribution is 2.26. The lowest BCUT2D eigenvalue weighted by Crippen LogP contribution is -2.40. The van der Waals surface area contributed by atoms with Crippen molar-refractivity contribution in [2.45, 2.75) is 57.5 Å². The van der Waals surface area contributed by atoms with Gasteiger partial charge >= 0.3 is 0 Å². The third kappa shape index (κ3) is 5.76. The Kier molecular flexibility index (Phi) is 6.84. The zero-order valence-corrected chi connectivity index (χ0v) is 18.6. The number of hydrogen-bond donors (Lipinski definition) is 2. The van der Waals surface area contributed by atoms with E-state index in [1.165, 1.54) is 25.3 Å². The second-order valence-corrected chi connectivity index (χ2v) is 10.3. The highest BCUT2D eigenvalue weighted by atomic mass is 32.2. The molecule has 2 rings (SSSR count). The Balaban J connectivity index is 2.22. The molecular formula is C19H27N3O4S2. The van der Waals surface area contributed by atoms with Crippen molar-refractivity contribution >= 4 is 27.3 Å². The molecule has 0 saturated heterocycles. The van der Waals surface area contributed by atoms with E-state index in [9.17, 15) is 13.2 Å². The molecule has 0 saturated carbocycles. The van der Waals surface area contributed by atoms with Crippen molar-refractivity contribution in [3.63, 3.8) is 0 Å². The van der Waals surface area contributed by atoms with Crippen molar-refractivity contribution in [2.24, 2.45) is 0 Å². The first-order valence-corrected chi connectivity index (χ1v) is 11.2. The Hall–Kier alpha value is -1.97. The SMILES string of the molecule is COc1ccc(C(=O)NCc2csc(C(C)C)n2)cc1S(=O)(=O)NC(C)(C)C. The number of ether oxygens (including phenoxy) is 1. The van der Waals surface area contributed by atoms with Crippen molar-refractivity contribution in [3.8, 4) is 5.75 Å². The van der Waals surface area contributed by atoms with E-state index in [0.29, 0.717) is 5.92 Å². The topological polar surface area (TPSA) is 97.4 Å². The number of aromatic nitrogens is 1. The van der Waals surface area contributed by atoms with Gasteiger partial charge in [0.2, 0.25) is 10.0 Å². The lowest BCUT2D eigenvalue weighted by atomic mass is 10.1. The molecule has 0 aliphatic heterocycles. The normalized spacial score (nSPS) is 12.2. The number of hydrogen-bond acceptors (Lipinski definition) is 6. The van der Waals surface area contributed by atoms with Crippen LogP contribution in [0.5, 0.6) is 5.75 Å². The number of nitrogens with zero attached hydrogens (tertiary/aromatic N) is 1. The summed E-state index contributed by atoms with van der Waals surface area (Å²) < 4.78 is 33.2. The molecule has 0 unspecified atom stereocenters. The summed E-state index contributed by atoms with van der Waals surface area (Å²) in [5.41, 5.74) is 0.341. The van der Waals surface area contributed by atoms with Crippen LogP contribution in [0.3, 0.4) is 0 Å². The molecule has 9 heteroatoms. The van der Waals surface area contributed by atoms with Crippen LogP contribution in [0.15, 0.2) is 28.5 Å². The second-order valence-electron chi connectivity index (χ2n) is 7.74. The number of thiazole rings is 1. The van der Waals surface area contributed by atoms with Gasteiger partial charge in [-0.05, 0) is 39.0 Å². The van der Waals surface area contributed by atoms with Crippen molar-refractivity contribution in [1.29, 1.82) is 0 Å². The zero-order valence-electron chi connectivity index (χ0n) is 17.0. The van der Waals surface area contributed by atoms with Crippen LogP contribution < -0.4 is 14.8 Å². The predicted octanol–water partition coefficient (Wildman–Crippen LogP) is 3.28. The van der Waals surface area contributed by atoms with E-state index in [1.807, 2.05) is 5.38 Å². The predicted molar refractivity (Wildman–Crippen MR) is 110 cm³/mol. The molecule has 2 N–H and O–H groups in total. The van der Waals surface area contributed by atoms with Crippen LogP contribution >= 0.6 is 11.3 Å². The maximum Gasteiger partial charge on any atom is 0.251 e. The summed E-state index contributed by atoms with van der Waals surface area (Å²) in [5.74, 6) is 0.127. The monoisotopic (exact) mass is 425 g/mol. The fraction of sp³-hybridized carbons (Fsp3) is 0.474. The van der Waals surface area contributed by atoms with Gasteiger partial charge in [0.05, 0.1) is 24.4 Å². The minimum Gasteiger partial charge on any atom is -0.495 e. The molecule has 154 valence electrons.